The number of aliphatic hydroxyl groups is 1. The maximum absolute atomic E-state index is 12.3. The Hall–Kier alpha value is -3.24. The first-order valence-corrected chi connectivity index (χ1v) is 7.67. The van der Waals surface area contributed by atoms with E-state index in [0.29, 0.717) is 17.9 Å². The summed E-state index contributed by atoms with van der Waals surface area (Å²) in [6, 6.07) is 10.3. The normalized spacial score (nSPS) is 16.0. The van der Waals surface area contributed by atoms with Gasteiger partial charge in [-0.1, -0.05) is 18.2 Å². The molecule has 0 bridgehead atoms. The summed E-state index contributed by atoms with van der Waals surface area (Å²) in [7, 11) is 0. The lowest BCUT2D eigenvalue weighted by molar-refractivity contribution is 0.231. The van der Waals surface area contributed by atoms with Crippen molar-refractivity contribution in [1.82, 2.24) is 0 Å². The molecule has 7 nitrogen and oxygen atoms in total. The smallest absolute Gasteiger partial charge is 0.228 e. The fourth-order valence-corrected chi connectivity index (χ4v) is 2.78. The molecule has 0 saturated heterocycles. The second kappa shape index (κ2) is 6.71. The summed E-state index contributed by atoms with van der Waals surface area (Å²) in [5.74, 6) is -0.282. The van der Waals surface area contributed by atoms with Crippen LogP contribution in [0.4, 0.5) is 0 Å². The number of nitriles is 1. The van der Waals surface area contributed by atoms with Crippen LogP contribution in [-0.4, -0.2) is 11.7 Å². The van der Waals surface area contributed by atoms with Crippen molar-refractivity contribution < 1.29 is 19.0 Å². The summed E-state index contributed by atoms with van der Waals surface area (Å²) in [6.45, 7) is 1.81. The number of hydrogen-bond donors (Lipinski definition) is 2. The number of benzene rings is 1. The van der Waals surface area contributed by atoms with Gasteiger partial charge in [-0.2, -0.15) is 5.26 Å². The van der Waals surface area contributed by atoms with Gasteiger partial charge in [0.1, 0.15) is 29.8 Å². The van der Waals surface area contributed by atoms with E-state index < -0.39 is 18.0 Å². The van der Waals surface area contributed by atoms with Crippen molar-refractivity contribution in [3.63, 3.8) is 0 Å². The zero-order chi connectivity index (χ0) is 18.0. The number of aliphatic hydroxyl groups excluding tert-OH is 1. The predicted octanol–water partition coefficient (Wildman–Crippen LogP) is 1.75. The average Bonchev–Trinajstić information content (AvgIpc) is 2.62. The Kier molecular flexibility index (Phi) is 4.46. The van der Waals surface area contributed by atoms with E-state index in [1.54, 1.807) is 24.3 Å². The van der Waals surface area contributed by atoms with E-state index in [2.05, 4.69) is 0 Å². The highest BCUT2D eigenvalue weighted by Gasteiger charge is 2.36. The van der Waals surface area contributed by atoms with Crippen molar-refractivity contribution in [3.05, 3.63) is 69.1 Å². The lowest BCUT2D eigenvalue weighted by atomic mass is 9.87. The van der Waals surface area contributed by atoms with Crippen LogP contribution in [-0.2, 0) is 6.61 Å². The third-order valence-corrected chi connectivity index (χ3v) is 3.82. The number of allylic oxidation sites excluding steroid dienone is 1. The van der Waals surface area contributed by atoms with Crippen LogP contribution in [0.2, 0.25) is 0 Å². The summed E-state index contributed by atoms with van der Waals surface area (Å²) < 4.78 is 16.6. The number of para-hydroxylation sites is 1. The molecule has 0 fully saturated rings. The van der Waals surface area contributed by atoms with Gasteiger partial charge in [-0.3, -0.25) is 4.79 Å². The standard InChI is InChI=1S/C18H16N2O5/c1-2-23-14-6-4-3-5-11(14)15-12(8-19)18(20)25-16-13(22)7-10(9-21)24-17(15)16/h3-7,15,21H,2,9,20H2,1H3/t15-/m1/s1. The van der Waals surface area contributed by atoms with Gasteiger partial charge in [-0.05, 0) is 13.0 Å². The highest BCUT2D eigenvalue weighted by atomic mass is 16.5. The number of hydrogen-bond acceptors (Lipinski definition) is 7. The molecule has 0 saturated carbocycles. The van der Waals surface area contributed by atoms with E-state index in [1.165, 1.54) is 0 Å². The van der Waals surface area contributed by atoms with Crippen LogP contribution >= 0.6 is 0 Å². The summed E-state index contributed by atoms with van der Waals surface area (Å²) >= 11 is 0. The Morgan fingerprint density at radius 3 is 2.84 bits per heavy atom. The fraction of sp³-hybridized carbons (Fsp3) is 0.222. The highest BCUT2D eigenvalue weighted by Crippen LogP contribution is 2.43. The van der Waals surface area contributed by atoms with Crippen molar-refractivity contribution in [2.75, 3.05) is 6.61 Å². The Bertz CT molecular complexity index is 939. The molecule has 0 unspecified atom stereocenters. The third-order valence-electron chi connectivity index (χ3n) is 3.82. The van der Waals surface area contributed by atoms with Crippen molar-refractivity contribution in [3.8, 4) is 17.6 Å². The molecule has 1 aliphatic heterocycles. The molecule has 0 spiro atoms. The topological polar surface area (TPSA) is 119 Å². The van der Waals surface area contributed by atoms with Crippen LogP contribution in [0.1, 0.15) is 29.9 Å². The molecule has 3 rings (SSSR count). The predicted molar refractivity (Wildman–Crippen MR) is 87.8 cm³/mol. The number of fused-ring (bicyclic) bond motifs is 1. The van der Waals surface area contributed by atoms with Crippen LogP contribution in [0.25, 0.3) is 0 Å². The molecule has 0 aliphatic carbocycles. The number of nitrogens with zero attached hydrogens (tertiary/aromatic N) is 1. The minimum Gasteiger partial charge on any atom is -0.494 e. The van der Waals surface area contributed by atoms with E-state index >= 15 is 0 Å². The third kappa shape index (κ3) is 2.84. The molecule has 25 heavy (non-hydrogen) atoms. The molecule has 0 radical (unpaired) electrons. The second-order valence-electron chi connectivity index (χ2n) is 5.32. The van der Waals surface area contributed by atoms with Gasteiger partial charge in [-0.15, -0.1) is 0 Å². The zero-order valence-electron chi connectivity index (χ0n) is 13.5. The van der Waals surface area contributed by atoms with Crippen molar-refractivity contribution in [2.24, 2.45) is 5.73 Å². The first-order chi connectivity index (χ1) is 12.1. The molecule has 1 aromatic heterocycles. The van der Waals surface area contributed by atoms with Crippen molar-refractivity contribution in [1.29, 1.82) is 5.26 Å². The maximum atomic E-state index is 12.3. The van der Waals surface area contributed by atoms with Crippen LogP contribution < -0.4 is 20.6 Å². The van der Waals surface area contributed by atoms with Gasteiger partial charge in [-0.25, -0.2) is 0 Å². The first-order valence-electron chi connectivity index (χ1n) is 7.67. The summed E-state index contributed by atoms with van der Waals surface area (Å²) in [5, 5.41) is 18.9. The lowest BCUT2D eigenvalue weighted by Crippen LogP contribution is -2.25. The van der Waals surface area contributed by atoms with Gasteiger partial charge < -0.3 is 24.7 Å². The van der Waals surface area contributed by atoms with E-state index in [0.717, 1.165) is 6.07 Å². The number of rotatable bonds is 4. The Labute approximate surface area is 143 Å². The molecule has 7 heteroatoms. The molecule has 2 heterocycles. The van der Waals surface area contributed by atoms with Gasteiger partial charge in [0.15, 0.2) is 5.76 Å². The molecule has 3 N–H and O–H groups in total. The van der Waals surface area contributed by atoms with Gasteiger partial charge in [0, 0.05) is 11.6 Å². The van der Waals surface area contributed by atoms with E-state index in [9.17, 15) is 15.2 Å². The summed E-state index contributed by atoms with van der Waals surface area (Å²) in [4.78, 5) is 12.3. The number of nitrogens with two attached hydrogens (primary N) is 1. The minimum atomic E-state index is -0.768. The Morgan fingerprint density at radius 2 is 2.16 bits per heavy atom. The second-order valence-corrected chi connectivity index (χ2v) is 5.32. The van der Waals surface area contributed by atoms with Crippen molar-refractivity contribution >= 4 is 0 Å². The van der Waals surface area contributed by atoms with Gasteiger partial charge in [0.05, 0.1) is 12.5 Å². The van der Waals surface area contributed by atoms with Gasteiger partial charge >= 0.3 is 0 Å². The SMILES string of the molecule is CCOc1ccccc1[C@@H]1C(C#N)=C(N)Oc2c1oc(CO)cc2=O. The van der Waals surface area contributed by atoms with E-state index in [-0.39, 0.29) is 28.7 Å². The fourth-order valence-electron chi connectivity index (χ4n) is 2.78. The average molecular weight is 340 g/mol. The number of ether oxygens (including phenoxy) is 2. The quantitative estimate of drug-likeness (QED) is 0.870. The largest absolute Gasteiger partial charge is 0.494 e. The molecule has 0 amide bonds. The molecular weight excluding hydrogens is 324 g/mol. The van der Waals surface area contributed by atoms with Crippen LogP contribution in [0.5, 0.6) is 11.5 Å². The van der Waals surface area contributed by atoms with Gasteiger partial charge in [0.2, 0.25) is 17.1 Å². The Balaban J connectivity index is 2.30. The summed E-state index contributed by atoms with van der Waals surface area (Å²) in [5.41, 5.74) is 6.10. The van der Waals surface area contributed by atoms with Gasteiger partial charge in [0.25, 0.3) is 0 Å². The summed E-state index contributed by atoms with van der Waals surface area (Å²) in [6.07, 6.45) is 0. The molecule has 128 valence electrons. The Morgan fingerprint density at radius 1 is 1.40 bits per heavy atom. The van der Waals surface area contributed by atoms with Crippen LogP contribution in [0, 0.1) is 11.3 Å². The van der Waals surface area contributed by atoms with Crippen molar-refractivity contribution in [2.45, 2.75) is 19.4 Å². The van der Waals surface area contributed by atoms with Crippen LogP contribution in [0.15, 0.2) is 51.0 Å². The van der Waals surface area contributed by atoms with E-state index in [4.69, 9.17) is 19.6 Å². The highest BCUT2D eigenvalue weighted by molar-refractivity contribution is 5.55. The van der Waals surface area contributed by atoms with Crippen LogP contribution in [0.3, 0.4) is 0 Å². The molecule has 1 atom stereocenters. The molecule has 1 aromatic carbocycles. The van der Waals surface area contributed by atoms with E-state index in [1.807, 2.05) is 13.0 Å². The maximum Gasteiger partial charge on any atom is 0.228 e. The molecular formula is C18H16N2O5. The monoisotopic (exact) mass is 340 g/mol. The minimum absolute atomic E-state index is 0.0732. The molecule has 2 aromatic rings. The zero-order valence-corrected chi connectivity index (χ0v) is 13.5. The first kappa shape index (κ1) is 16.6. The molecule has 1 aliphatic rings. The lowest BCUT2D eigenvalue weighted by Gasteiger charge is -2.26.